The zero-order chi connectivity index (χ0) is 13.1. The fourth-order valence-corrected chi connectivity index (χ4v) is 1.97. The first-order valence-corrected chi connectivity index (χ1v) is 6.39. The summed E-state index contributed by atoms with van der Waals surface area (Å²) in [6, 6.07) is 5.60. The van der Waals surface area contributed by atoms with E-state index in [0.29, 0.717) is 6.54 Å². The molecule has 96 valence electrons. The molecule has 0 fully saturated rings. The van der Waals surface area contributed by atoms with Crippen molar-refractivity contribution < 1.29 is 9.84 Å². The molecule has 0 aliphatic heterocycles. The van der Waals surface area contributed by atoms with Crippen molar-refractivity contribution in [3.8, 4) is 5.75 Å². The van der Waals surface area contributed by atoms with Crippen LogP contribution in [0.3, 0.4) is 0 Å². The number of nitrogens with one attached hydrogen (secondary N) is 1. The SMILES string of the molecule is COc1ccc(C(O)CNC(C)(C)C)cc1Br. The normalized spacial score (nSPS) is 13.5. The Morgan fingerprint density at radius 2 is 2.06 bits per heavy atom. The van der Waals surface area contributed by atoms with Gasteiger partial charge in [0.2, 0.25) is 0 Å². The summed E-state index contributed by atoms with van der Waals surface area (Å²) in [6.07, 6.45) is -0.517. The van der Waals surface area contributed by atoms with Gasteiger partial charge in [0, 0.05) is 12.1 Å². The molecule has 0 spiro atoms. The maximum absolute atomic E-state index is 10.0. The number of rotatable bonds is 4. The number of ether oxygens (including phenoxy) is 1. The Morgan fingerprint density at radius 1 is 1.41 bits per heavy atom. The van der Waals surface area contributed by atoms with E-state index >= 15 is 0 Å². The second-order valence-electron chi connectivity index (χ2n) is 5.04. The van der Waals surface area contributed by atoms with Crippen molar-refractivity contribution >= 4 is 15.9 Å². The Bertz CT molecular complexity index is 374. The van der Waals surface area contributed by atoms with Crippen LogP contribution in [0.25, 0.3) is 0 Å². The molecule has 2 N–H and O–H groups in total. The number of β-amino-alcohol motifs (C(OH)–C–C–N with tert-alkyl or cyclic N) is 1. The molecule has 0 saturated carbocycles. The van der Waals surface area contributed by atoms with Gasteiger partial charge in [0.1, 0.15) is 5.75 Å². The second-order valence-corrected chi connectivity index (χ2v) is 5.90. The number of hydrogen-bond donors (Lipinski definition) is 2. The number of aliphatic hydroxyl groups excluding tert-OH is 1. The monoisotopic (exact) mass is 301 g/mol. The predicted octanol–water partition coefficient (Wildman–Crippen LogP) is 2.88. The van der Waals surface area contributed by atoms with Crippen LogP contribution in [0.2, 0.25) is 0 Å². The summed E-state index contributed by atoms with van der Waals surface area (Å²) in [4.78, 5) is 0. The standard InChI is InChI=1S/C13H20BrNO2/c1-13(2,3)15-8-11(16)9-5-6-12(17-4)10(14)7-9/h5-7,11,15-16H,8H2,1-4H3. The van der Waals surface area contributed by atoms with Gasteiger partial charge in [-0.15, -0.1) is 0 Å². The Labute approximate surface area is 111 Å². The van der Waals surface area contributed by atoms with Crippen LogP contribution in [-0.2, 0) is 0 Å². The highest BCUT2D eigenvalue weighted by atomic mass is 79.9. The lowest BCUT2D eigenvalue weighted by atomic mass is 10.1. The molecule has 0 bridgehead atoms. The molecule has 4 heteroatoms. The molecule has 0 radical (unpaired) electrons. The van der Waals surface area contributed by atoms with Gasteiger partial charge < -0.3 is 15.2 Å². The van der Waals surface area contributed by atoms with Crippen LogP contribution >= 0.6 is 15.9 Å². The first kappa shape index (κ1) is 14.5. The molecule has 0 amide bonds. The molecule has 1 aromatic carbocycles. The number of hydrogen-bond acceptors (Lipinski definition) is 3. The second kappa shape index (κ2) is 5.85. The maximum atomic E-state index is 10.0. The molecule has 0 heterocycles. The number of benzene rings is 1. The van der Waals surface area contributed by atoms with Crippen molar-refractivity contribution in [2.24, 2.45) is 0 Å². The highest BCUT2D eigenvalue weighted by molar-refractivity contribution is 9.10. The number of methoxy groups -OCH3 is 1. The topological polar surface area (TPSA) is 41.5 Å². The van der Waals surface area contributed by atoms with Crippen molar-refractivity contribution in [2.45, 2.75) is 32.4 Å². The van der Waals surface area contributed by atoms with Crippen molar-refractivity contribution in [1.82, 2.24) is 5.32 Å². The lowest BCUT2D eigenvalue weighted by Crippen LogP contribution is -2.38. The van der Waals surface area contributed by atoms with Crippen LogP contribution in [0.15, 0.2) is 22.7 Å². The summed E-state index contributed by atoms with van der Waals surface area (Å²) in [5, 5.41) is 13.3. The van der Waals surface area contributed by atoms with Crippen LogP contribution in [0, 0.1) is 0 Å². The Balaban J connectivity index is 2.69. The summed E-state index contributed by atoms with van der Waals surface area (Å²) in [5.74, 6) is 0.768. The van der Waals surface area contributed by atoms with E-state index in [2.05, 4.69) is 42.0 Å². The Kier molecular flexibility index (Phi) is 4.98. The summed E-state index contributed by atoms with van der Waals surface area (Å²) in [7, 11) is 1.62. The zero-order valence-electron chi connectivity index (χ0n) is 10.7. The van der Waals surface area contributed by atoms with E-state index in [1.807, 2.05) is 18.2 Å². The van der Waals surface area contributed by atoms with Crippen molar-refractivity contribution in [2.75, 3.05) is 13.7 Å². The van der Waals surface area contributed by atoms with Gasteiger partial charge in [0.05, 0.1) is 17.7 Å². The molecule has 0 saturated heterocycles. The number of aliphatic hydroxyl groups is 1. The van der Waals surface area contributed by atoms with Gasteiger partial charge in [-0.25, -0.2) is 0 Å². The minimum absolute atomic E-state index is 0.00465. The Morgan fingerprint density at radius 3 is 2.53 bits per heavy atom. The summed E-state index contributed by atoms with van der Waals surface area (Å²) >= 11 is 3.41. The zero-order valence-corrected chi connectivity index (χ0v) is 12.3. The molecule has 1 rings (SSSR count). The number of halogens is 1. The van der Waals surface area contributed by atoms with Crippen LogP contribution in [0.5, 0.6) is 5.75 Å². The highest BCUT2D eigenvalue weighted by Gasteiger charge is 2.14. The molecule has 1 aromatic rings. The predicted molar refractivity (Wildman–Crippen MR) is 73.4 cm³/mol. The third kappa shape index (κ3) is 4.66. The molecular formula is C13H20BrNO2. The minimum atomic E-state index is -0.517. The smallest absolute Gasteiger partial charge is 0.133 e. The van der Waals surface area contributed by atoms with Gasteiger partial charge in [0.25, 0.3) is 0 Å². The molecule has 1 atom stereocenters. The minimum Gasteiger partial charge on any atom is -0.496 e. The van der Waals surface area contributed by atoms with E-state index in [4.69, 9.17) is 4.74 Å². The third-order valence-corrected chi connectivity index (χ3v) is 3.01. The molecule has 0 aliphatic carbocycles. The molecule has 0 aliphatic rings. The fraction of sp³-hybridized carbons (Fsp3) is 0.538. The van der Waals surface area contributed by atoms with Crippen molar-refractivity contribution in [1.29, 1.82) is 0 Å². The van der Waals surface area contributed by atoms with E-state index in [1.165, 1.54) is 0 Å². The van der Waals surface area contributed by atoms with E-state index in [9.17, 15) is 5.11 Å². The van der Waals surface area contributed by atoms with Crippen molar-refractivity contribution in [3.63, 3.8) is 0 Å². The highest BCUT2D eigenvalue weighted by Crippen LogP contribution is 2.28. The van der Waals surface area contributed by atoms with E-state index in [1.54, 1.807) is 7.11 Å². The fourth-order valence-electron chi connectivity index (χ4n) is 1.41. The van der Waals surface area contributed by atoms with Gasteiger partial charge in [0.15, 0.2) is 0 Å². The van der Waals surface area contributed by atoms with Gasteiger partial charge in [-0.2, -0.15) is 0 Å². The van der Waals surface area contributed by atoms with Crippen LogP contribution in [-0.4, -0.2) is 24.3 Å². The Hall–Kier alpha value is -0.580. The van der Waals surface area contributed by atoms with Gasteiger partial charge >= 0.3 is 0 Å². The molecular weight excluding hydrogens is 282 g/mol. The lowest BCUT2D eigenvalue weighted by Gasteiger charge is -2.23. The van der Waals surface area contributed by atoms with E-state index in [-0.39, 0.29) is 5.54 Å². The molecule has 1 unspecified atom stereocenters. The van der Waals surface area contributed by atoms with E-state index < -0.39 is 6.10 Å². The largest absolute Gasteiger partial charge is 0.496 e. The lowest BCUT2D eigenvalue weighted by molar-refractivity contribution is 0.163. The average Bonchev–Trinajstić information content (AvgIpc) is 2.24. The summed E-state index contributed by atoms with van der Waals surface area (Å²) < 4.78 is 6.00. The first-order chi connectivity index (χ1) is 7.83. The van der Waals surface area contributed by atoms with Crippen LogP contribution in [0.1, 0.15) is 32.4 Å². The van der Waals surface area contributed by atoms with E-state index in [0.717, 1.165) is 15.8 Å². The van der Waals surface area contributed by atoms with Crippen molar-refractivity contribution in [3.05, 3.63) is 28.2 Å². The molecule has 17 heavy (non-hydrogen) atoms. The van der Waals surface area contributed by atoms with Gasteiger partial charge in [-0.05, 0) is 54.4 Å². The first-order valence-electron chi connectivity index (χ1n) is 5.60. The maximum Gasteiger partial charge on any atom is 0.133 e. The molecule has 3 nitrogen and oxygen atoms in total. The quantitative estimate of drug-likeness (QED) is 0.898. The average molecular weight is 302 g/mol. The molecule has 0 aromatic heterocycles. The van der Waals surface area contributed by atoms with Gasteiger partial charge in [-0.3, -0.25) is 0 Å². The summed E-state index contributed by atoms with van der Waals surface area (Å²) in [5.41, 5.74) is 0.874. The summed E-state index contributed by atoms with van der Waals surface area (Å²) in [6.45, 7) is 6.75. The van der Waals surface area contributed by atoms with Crippen LogP contribution in [0.4, 0.5) is 0 Å². The third-order valence-electron chi connectivity index (χ3n) is 2.39. The van der Waals surface area contributed by atoms with Gasteiger partial charge in [-0.1, -0.05) is 6.07 Å². The van der Waals surface area contributed by atoms with Crippen LogP contribution < -0.4 is 10.1 Å².